The Morgan fingerprint density at radius 3 is 1.97 bits per heavy atom. The van der Waals surface area contributed by atoms with Crippen LogP contribution in [0, 0.1) is 5.92 Å². The number of nitrogens with two attached hydrogens (primary N) is 2. The van der Waals surface area contributed by atoms with Crippen LogP contribution in [0.2, 0.25) is 0 Å². The molecule has 0 fully saturated rings. The molecule has 0 aliphatic carbocycles. The quantitative estimate of drug-likeness (QED) is 0.137. The van der Waals surface area contributed by atoms with Crippen molar-refractivity contribution in [3.8, 4) is 5.75 Å². The molecule has 4 unspecified atom stereocenters. The van der Waals surface area contributed by atoms with Crippen LogP contribution in [0.4, 0.5) is 0 Å². The van der Waals surface area contributed by atoms with E-state index in [-0.39, 0.29) is 43.8 Å². The molecule has 9 N–H and O–H groups in total. The first-order chi connectivity index (χ1) is 17.8. The van der Waals surface area contributed by atoms with Crippen LogP contribution in [0.25, 0.3) is 0 Å². The van der Waals surface area contributed by atoms with Crippen LogP contribution in [0.1, 0.15) is 45.1 Å². The van der Waals surface area contributed by atoms with Crippen molar-refractivity contribution in [2.24, 2.45) is 17.4 Å². The van der Waals surface area contributed by atoms with Gasteiger partial charge in [0.1, 0.15) is 23.9 Å². The van der Waals surface area contributed by atoms with E-state index in [2.05, 4.69) is 16.0 Å². The molecule has 4 amide bonds. The van der Waals surface area contributed by atoms with Gasteiger partial charge in [-0.05, 0) is 61.3 Å². The Hall–Kier alpha value is -3.32. The highest BCUT2D eigenvalue weighted by Gasteiger charge is 2.30. The number of amides is 4. The van der Waals surface area contributed by atoms with Crippen molar-refractivity contribution in [2.45, 2.75) is 70.1 Å². The molecule has 0 radical (unpaired) electrons. The minimum Gasteiger partial charge on any atom is -0.508 e. The third-order valence-electron chi connectivity index (χ3n) is 5.61. The molecule has 0 saturated carbocycles. The number of phenolic OH excluding ortho intramolecular Hbond substituents is 1. The fourth-order valence-electron chi connectivity index (χ4n) is 3.55. The van der Waals surface area contributed by atoms with Crippen LogP contribution in [0.3, 0.4) is 0 Å². The van der Waals surface area contributed by atoms with Gasteiger partial charge in [-0.3, -0.25) is 19.2 Å². The Morgan fingerprint density at radius 1 is 0.895 bits per heavy atom. The van der Waals surface area contributed by atoms with Gasteiger partial charge in [0.25, 0.3) is 0 Å². The van der Waals surface area contributed by atoms with Crippen LogP contribution in [-0.2, 0) is 30.4 Å². The molecule has 0 heterocycles. The first-order valence-corrected chi connectivity index (χ1v) is 13.7. The van der Waals surface area contributed by atoms with E-state index >= 15 is 0 Å². The van der Waals surface area contributed by atoms with E-state index < -0.39 is 53.8 Å². The molecule has 0 aromatic heterocycles. The minimum absolute atomic E-state index is 0.0167. The van der Waals surface area contributed by atoms with Gasteiger partial charge in [-0.25, -0.2) is 4.79 Å². The number of rotatable bonds is 17. The zero-order valence-electron chi connectivity index (χ0n) is 21.9. The van der Waals surface area contributed by atoms with Gasteiger partial charge in [-0.15, -0.1) is 0 Å². The number of carboxylic acids is 1. The van der Waals surface area contributed by atoms with E-state index in [0.29, 0.717) is 5.75 Å². The zero-order chi connectivity index (χ0) is 28.8. The molecule has 1 aromatic carbocycles. The van der Waals surface area contributed by atoms with Gasteiger partial charge >= 0.3 is 5.97 Å². The number of nitrogens with one attached hydrogen (secondary N) is 3. The highest BCUT2D eigenvalue weighted by Crippen LogP contribution is 2.12. The number of primary amides is 1. The zero-order valence-corrected chi connectivity index (χ0v) is 22.8. The van der Waals surface area contributed by atoms with E-state index in [1.807, 2.05) is 20.1 Å². The Labute approximate surface area is 226 Å². The van der Waals surface area contributed by atoms with Gasteiger partial charge in [0.05, 0.1) is 6.04 Å². The first-order valence-electron chi connectivity index (χ1n) is 12.3. The summed E-state index contributed by atoms with van der Waals surface area (Å²) in [5.41, 5.74) is 11.9. The van der Waals surface area contributed by atoms with Crippen molar-refractivity contribution < 1.29 is 34.2 Å². The van der Waals surface area contributed by atoms with Crippen molar-refractivity contribution in [1.29, 1.82) is 0 Å². The van der Waals surface area contributed by atoms with Crippen molar-refractivity contribution in [3.63, 3.8) is 0 Å². The number of hydrogen-bond acceptors (Lipinski definition) is 8. The van der Waals surface area contributed by atoms with Gasteiger partial charge in [0.15, 0.2) is 0 Å². The monoisotopic (exact) mass is 553 g/mol. The predicted octanol–water partition coefficient (Wildman–Crippen LogP) is -0.134. The van der Waals surface area contributed by atoms with Gasteiger partial charge < -0.3 is 37.6 Å². The van der Waals surface area contributed by atoms with Crippen LogP contribution in [-0.4, -0.2) is 76.0 Å². The second-order valence-corrected chi connectivity index (χ2v) is 10.4. The van der Waals surface area contributed by atoms with Gasteiger partial charge in [0, 0.05) is 6.42 Å². The second kappa shape index (κ2) is 16.5. The summed E-state index contributed by atoms with van der Waals surface area (Å²) in [6.45, 7) is 3.74. The van der Waals surface area contributed by atoms with E-state index in [9.17, 15) is 34.2 Å². The number of hydrogen-bond donors (Lipinski definition) is 7. The number of thioether (sulfide) groups is 1. The molecule has 13 heteroatoms. The van der Waals surface area contributed by atoms with E-state index in [4.69, 9.17) is 11.5 Å². The molecular formula is C25H39N5O7S. The number of benzene rings is 1. The molecule has 0 aliphatic rings. The lowest BCUT2D eigenvalue weighted by Gasteiger charge is -2.26. The number of aliphatic carboxylic acids is 1. The van der Waals surface area contributed by atoms with Crippen molar-refractivity contribution >= 4 is 41.4 Å². The number of carboxylic acid groups (broad SMARTS) is 1. The fourth-order valence-corrected chi connectivity index (χ4v) is 4.02. The Morgan fingerprint density at radius 2 is 1.45 bits per heavy atom. The first kappa shape index (κ1) is 32.7. The van der Waals surface area contributed by atoms with Crippen LogP contribution in [0.15, 0.2) is 24.3 Å². The SMILES string of the molecule is CSCCC(NC(=O)C(CC(C)C)NC(=O)C(N)Cc1ccc(O)cc1)C(=O)NC(CCC(N)=O)C(=O)O. The molecule has 0 bridgehead atoms. The third-order valence-corrected chi connectivity index (χ3v) is 6.25. The molecule has 0 spiro atoms. The fraction of sp³-hybridized carbons (Fsp3) is 0.560. The van der Waals surface area contributed by atoms with E-state index in [1.54, 1.807) is 12.1 Å². The maximum atomic E-state index is 13.2. The number of carbonyl (C=O) groups is 5. The van der Waals surface area contributed by atoms with Gasteiger partial charge in [-0.1, -0.05) is 26.0 Å². The Bertz CT molecular complexity index is 958. The lowest BCUT2D eigenvalue weighted by atomic mass is 10.0. The molecule has 1 rings (SSSR count). The Kier molecular flexibility index (Phi) is 14.2. The molecule has 212 valence electrons. The van der Waals surface area contributed by atoms with Crippen LogP contribution < -0.4 is 27.4 Å². The van der Waals surface area contributed by atoms with Crippen LogP contribution in [0.5, 0.6) is 5.75 Å². The molecule has 0 saturated heterocycles. The number of phenols is 1. The maximum absolute atomic E-state index is 13.2. The third kappa shape index (κ3) is 12.3. The lowest BCUT2D eigenvalue weighted by molar-refractivity contribution is -0.142. The summed E-state index contributed by atoms with van der Waals surface area (Å²) in [6, 6.07) is 1.89. The van der Waals surface area contributed by atoms with E-state index in [1.165, 1.54) is 23.9 Å². The van der Waals surface area contributed by atoms with Gasteiger partial charge in [-0.2, -0.15) is 11.8 Å². The summed E-state index contributed by atoms with van der Waals surface area (Å²) in [5, 5.41) is 26.5. The molecule has 12 nitrogen and oxygen atoms in total. The second-order valence-electron chi connectivity index (χ2n) is 9.41. The molecule has 4 atom stereocenters. The summed E-state index contributed by atoms with van der Waals surface area (Å²) in [5.74, 6) is -3.31. The number of carbonyl (C=O) groups excluding carboxylic acids is 4. The average molecular weight is 554 g/mol. The topological polar surface area (TPSA) is 214 Å². The summed E-state index contributed by atoms with van der Waals surface area (Å²) >= 11 is 1.44. The highest BCUT2D eigenvalue weighted by molar-refractivity contribution is 7.98. The summed E-state index contributed by atoms with van der Waals surface area (Å²) in [4.78, 5) is 61.5. The molecule has 0 aliphatic heterocycles. The summed E-state index contributed by atoms with van der Waals surface area (Å²) in [6.07, 6.45) is 2.07. The smallest absolute Gasteiger partial charge is 0.326 e. The molecular weight excluding hydrogens is 514 g/mol. The Balaban J connectivity index is 2.94. The predicted molar refractivity (Wildman–Crippen MR) is 144 cm³/mol. The largest absolute Gasteiger partial charge is 0.508 e. The highest BCUT2D eigenvalue weighted by atomic mass is 32.2. The van der Waals surface area contributed by atoms with Crippen molar-refractivity contribution in [1.82, 2.24) is 16.0 Å². The molecule has 38 heavy (non-hydrogen) atoms. The summed E-state index contributed by atoms with van der Waals surface area (Å²) in [7, 11) is 0. The maximum Gasteiger partial charge on any atom is 0.326 e. The van der Waals surface area contributed by atoms with Gasteiger partial charge in [0.2, 0.25) is 23.6 Å². The van der Waals surface area contributed by atoms with Crippen molar-refractivity contribution in [3.05, 3.63) is 29.8 Å². The summed E-state index contributed by atoms with van der Waals surface area (Å²) < 4.78 is 0. The van der Waals surface area contributed by atoms with E-state index in [0.717, 1.165) is 5.56 Å². The van der Waals surface area contributed by atoms with Crippen LogP contribution >= 0.6 is 11.8 Å². The minimum atomic E-state index is -1.35. The lowest BCUT2D eigenvalue weighted by Crippen LogP contribution is -2.57. The van der Waals surface area contributed by atoms with Crippen molar-refractivity contribution in [2.75, 3.05) is 12.0 Å². The average Bonchev–Trinajstić information content (AvgIpc) is 2.84. The normalized spacial score (nSPS) is 14.1. The standard InChI is InChI=1S/C25H39N5O7S/c1-14(2)12-20(30-22(33)17(26)13-15-4-6-16(31)7-5-15)24(35)28-18(10-11-38-3)23(34)29-19(25(36)37)8-9-21(27)32/h4-7,14,17-20,31H,8-13,26H2,1-3H3,(H2,27,32)(H,28,35)(H,29,34)(H,30,33)(H,36,37). The number of aromatic hydroxyl groups is 1. The molecule has 1 aromatic rings.